The first-order valence-corrected chi connectivity index (χ1v) is 20.3. The van der Waals surface area contributed by atoms with Crippen LogP contribution in [0, 0.1) is 0 Å². The number of benzene rings is 6. The molecule has 0 N–H and O–H groups in total. The predicted octanol–water partition coefficient (Wildman–Crippen LogP) is 2.68. The van der Waals surface area contributed by atoms with Crippen LogP contribution >= 0.6 is 0 Å². The summed E-state index contributed by atoms with van der Waals surface area (Å²) in [6.07, 6.45) is 4.88. The van der Waals surface area contributed by atoms with Crippen molar-refractivity contribution in [3.8, 4) is 5.69 Å². The molecule has 2 aliphatic heterocycles. The minimum atomic E-state index is -2.70. The van der Waals surface area contributed by atoms with Gasteiger partial charge in [-0.15, -0.1) is 0 Å². The molecule has 1 nitrogen and oxygen atoms in total. The number of rotatable bonds is 3. The molecule has 0 spiro atoms. The molecule has 7 aromatic rings. The van der Waals surface area contributed by atoms with E-state index < -0.39 is 8.07 Å². The van der Waals surface area contributed by atoms with E-state index in [1.165, 1.54) is 72.5 Å². The molecule has 3 aliphatic rings. The van der Waals surface area contributed by atoms with Crippen molar-refractivity contribution in [1.82, 2.24) is 4.57 Å². The molecule has 1 aliphatic carbocycles. The van der Waals surface area contributed by atoms with Crippen molar-refractivity contribution in [1.29, 1.82) is 0 Å². The van der Waals surface area contributed by atoms with Gasteiger partial charge in [-0.1, -0.05) is 0 Å². The molecule has 0 fully saturated rings. The third-order valence-electron chi connectivity index (χ3n) is 10.8. The van der Waals surface area contributed by atoms with Crippen LogP contribution in [0.1, 0.15) is 24.1 Å². The second-order valence-electron chi connectivity index (χ2n) is 13.0. The quantitative estimate of drug-likeness (QED) is 0.256. The maximum absolute atomic E-state index is 2.70. The Balaban J connectivity index is 1.39. The van der Waals surface area contributed by atoms with Crippen LogP contribution in [0.25, 0.3) is 16.6 Å². The molecule has 4 heteroatoms. The minimum absolute atomic E-state index is 0.218. The van der Waals surface area contributed by atoms with E-state index in [1.54, 1.807) is 20.7 Å². The van der Waals surface area contributed by atoms with Crippen LogP contribution in [0.4, 0.5) is 0 Å². The van der Waals surface area contributed by atoms with E-state index in [4.69, 9.17) is 0 Å². The van der Waals surface area contributed by atoms with Gasteiger partial charge in [0, 0.05) is 0 Å². The van der Waals surface area contributed by atoms with Crippen molar-refractivity contribution in [3.63, 3.8) is 0 Å². The van der Waals surface area contributed by atoms with E-state index in [2.05, 4.69) is 150 Å². The average molecular weight is 669 g/mol. The van der Waals surface area contributed by atoms with Crippen molar-refractivity contribution in [2.24, 2.45) is 0 Å². The van der Waals surface area contributed by atoms with Crippen LogP contribution in [-0.4, -0.2) is 34.3 Å². The van der Waals surface area contributed by atoms with Gasteiger partial charge < -0.3 is 0 Å². The molecule has 10 rings (SSSR count). The summed E-state index contributed by atoms with van der Waals surface area (Å²) in [6, 6.07) is 56.3. The molecule has 0 saturated carbocycles. The number of fused-ring (bicyclic) bond motifs is 7. The van der Waals surface area contributed by atoms with E-state index in [-0.39, 0.29) is 21.7 Å². The van der Waals surface area contributed by atoms with Crippen molar-refractivity contribution in [3.05, 3.63) is 157 Å². The Morgan fingerprint density at radius 3 is 2.02 bits per heavy atom. The summed E-state index contributed by atoms with van der Waals surface area (Å²) in [5, 5.41) is 7.50. The zero-order valence-electron chi connectivity index (χ0n) is 25.6. The van der Waals surface area contributed by atoms with E-state index in [1.807, 2.05) is 0 Å². The summed E-state index contributed by atoms with van der Waals surface area (Å²) >= 11 is 0.218. The summed E-state index contributed by atoms with van der Waals surface area (Å²) in [5.74, 6) is 0. The van der Waals surface area contributed by atoms with Crippen molar-refractivity contribution < 1.29 is 0 Å². The number of aryl methyl sites for hydroxylation is 1. The summed E-state index contributed by atoms with van der Waals surface area (Å²) in [6.45, 7) is 0.255. The molecule has 3 heterocycles. The first-order valence-electron chi connectivity index (χ1n) is 16.6. The van der Waals surface area contributed by atoms with Gasteiger partial charge in [-0.25, -0.2) is 0 Å². The van der Waals surface area contributed by atoms with Gasteiger partial charge in [-0.3, -0.25) is 0 Å². The van der Waals surface area contributed by atoms with E-state index in [9.17, 15) is 0 Å². The molecule has 0 radical (unpaired) electrons. The molecule has 1 aromatic heterocycles. The van der Waals surface area contributed by atoms with Crippen LogP contribution in [0.3, 0.4) is 0 Å². The Hall–Kier alpha value is -4.34. The van der Waals surface area contributed by atoms with Crippen molar-refractivity contribution in [2.75, 3.05) is 0 Å². The summed E-state index contributed by atoms with van der Waals surface area (Å²) in [5.41, 5.74) is 10.4. The van der Waals surface area contributed by atoms with Gasteiger partial charge in [-0.05, 0) is 0 Å². The normalized spacial score (nSPS) is 15.5. The van der Waals surface area contributed by atoms with Gasteiger partial charge in [-0.2, -0.15) is 0 Å². The maximum atomic E-state index is 2.67. The first kappa shape index (κ1) is 26.8. The van der Waals surface area contributed by atoms with Crippen LogP contribution in [-0.2, 0) is 12.8 Å². The van der Waals surface area contributed by atoms with Crippen LogP contribution in [0.2, 0.25) is 0 Å². The van der Waals surface area contributed by atoms with E-state index in [0.29, 0.717) is 0 Å². The molecular formula is C42H32BNSeSi. The van der Waals surface area contributed by atoms with E-state index in [0.717, 1.165) is 6.42 Å². The fourth-order valence-corrected chi connectivity index (χ4v) is 17.1. The zero-order chi connectivity index (χ0) is 30.2. The fraction of sp³-hybridized carbons (Fsp3) is 0.0952. The Kier molecular flexibility index (Phi) is 6.03. The topological polar surface area (TPSA) is 4.93 Å². The van der Waals surface area contributed by atoms with Crippen molar-refractivity contribution >= 4 is 86.7 Å². The zero-order valence-corrected chi connectivity index (χ0v) is 28.3. The molecule has 218 valence electrons. The fourth-order valence-electron chi connectivity index (χ4n) is 9.03. The summed E-state index contributed by atoms with van der Waals surface area (Å²) in [4.78, 5) is 0. The van der Waals surface area contributed by atoms with Crippen LogP contribution in [0.15, 0.2) is 146 Å². The van der Waals surface area contributed by atoms with Crippen molar-refractivity contribution in [2.45, 2.75) is 25.7 Å². The Morgan fingerprint density at radius 1 is 0.565 bits per heavy atom. The summed E-state index contributed by atoms with van der Waals surface area (Å²) < 4.78 is 5.75. The number of hydrogen-bond acceptors (Lipinski definition) is 0. The monoisotopic (exact) mass is 669 g/mol. The van der Waals surface area contributed by atoms with Gasteiger partial charge >= 0.3 is 279 Å². The Labute approximate surface area is 278 Å². The second-order valence-corrected chi connectivity index (χ2v) is 19.0. The molecule has 0 amide bonds. The first-order chi connectivity index (χ1) is 22.8. The molecule has 6 aromatic carbocycles. The van der Waals surface area contributed by atoms with E-state index >= 15 is 0 Å². The average Bonchev–Trinajstić information content (AvgIpc) is 3.47. The molecule has 0 atom stereocenters. The Bertz CT molecular complexity index is 2270. The van der Waals surface area contributed by atoms with Gasteiger partial charge in [0.05, 0.1) is 0 Å². The molecular weight excluding hydrogens is 636 g/mol. The summed E-state index contributed by atoms with van der Waals surface area (Å²) in [7, 11) is -2.70. The molecule has 0 bridgehead atoms. The number of hydrogen-bond donors (Lipinski definition) is 0. The SMILES string of the molecule is c1ccc([Si]2(c3ccccc3)c3ccccc3B3c4ccccc4[Se]c4cc(-n5c6c(c7ccccc75)CCCC6)cc2c43)cc1. The number of para-hydroxylation sites is 1. The Morgan fingerprint density at radius 2 is 1.22 bits per heavy atom. The molecule has 0 unspecified atom stereocenters. The number of nitrogens with zero attached hydrogens (tertiary/aromatic N) is 1. The second kappa shape index (κ2) is 10.3. The van der Waals surface area contributed by atoms with Gasteiger partial charge in [0.25, 0.3) is 0 Å². The van der Waals surface area contributed by atoms with Crippen LogP contribution < -0.4 is 46.1 Å². The van der Waals surface area contributed by atoms with Gasteiger partial charge in [0.2, 0.25) is 0 Å². The molecule has 0 saturated heterocycles. The van der Waals surface area contributed by atoms with Gasteiger partial charge in [0.15, 0.2) is 0 Å². The third kappa shape index (κ3) is 3.64. The standard InChI is InChI=1S/C42H32BNSeSi/c1-3-15-30(16-4-1)46(31-17-5-2-6-18-31)40-26-14-10-22-35(40)43-34-21-9-13-25-38(34)45-39-27-29(28-41(46)42(39)43)44-36-23-11-7-19-32(36)33-20-8-12-24-37(33)44/h1-7,9-11,13-19,21-23,25-28H,8,12,20,24H2. The van der Waals surface area contributed by atoms with Crippen LogP contribution in [0.5, 0.6) is 0 Å². The third-order valence-corrected chi connectivity index (χ3v) is 18.1. The van der Waals surface area contributed by atoms with Gasteiger partial charge in [0.1, 0.15) is 0 Å². The predicted molar refractivity (Wildman–Crippen MR) is 200 cm³/mol. The molecule has 46 heavy (non-hydrogen) atoms. The number of aromatic nitrogens is 1.